The van der Waals surface area contributed by atoms with Crippen LogP contribution in [-0.4, -0.2) is 20.4 Å². The third-order valence-electron chi connectivity index (χ3n) is 2.10. The molecule has 1 aromatic rings. The molecule has 0 spiro atoms. The van der Waals surface area contributed by atoms with Crippen LogP contribution in [0.5, 0.6) is 0 Å². The molecular formula is C10H16N2O2S. The number of carbonyl (C=O) groups is 1. The van der Waals surface area contributed by atoms with E-state index in [0.29, 0.717) is 17.3 Å². The van der Waals surface area contributed by atoms with Crippen LogP contribution in [-0.2, 0) is 11.2 Å². The van der Waals surface area contributed by atoms with E-state index < -0.39 is 11.9 Å². The van der Waals surface area contributed by atoms with Crippen molar-refractivity contribution >= 4 is 17.5 Å². The Kier molecular flexibility index (Phi) is 4.20. The molecule has 1 heterocycles. The van der Waals surface area contributed by atoms with Gasteiger partial charge in [0.2, 0.25) is 0 Å². The van der Waals surface area contributed by atoms with Gasteiger partial charge in [0.1, 0.15) is 16.7 Å². The highest BCUT2D eigenvalue weighted by molar-refractivity contribution is 7.05. The van der Waals surface area contributed by atoms with Crippen LogP contribution in [0.15, 0.2) is 0 Å². The number of nitrogens with zero attached hydrogens (tertiary/aromatic N) is 2. The molecule has 0 bridgehead atoms. The number of aryl methyl sites for hydroxylation is 1. The van der Waals surface area contributed by atoms with Crippen molar-refractivity contribution < 1.29 is 9.90 Å². The van der Waals surface area contributed by atoms with Crippen LogP contribution in [0.3, 0.4) is 0 Å². The van der Waals surface area contributed by atoms with Crippen LogP contribution in [0.4, 0.5) is 0 Å². The average Bonchev–Trinajstić information content (AvgIpc) is 2.61. The summed E-state index contributed by atoms with van der Waals surface area (Å²) in [4.78, 5) is 15.3. The Hall–Kier alpha value is -0.970. The molecule has 0 fully saturated rings. The highest BCUT2D eigenvalue weighted by atomic mass is 32.1. The molecule has 1 rings (SSSR count). The average molecular weight is 228 g/mol. The van der Waals surface area contributed by atoms with Gasteiger partial charge in [-0.3, -0.25) is 4.79 Å². The first-order valence-electron chi connectivity index (χ1n) is 5.09. The lowest BCUT2D eigenvalue weighted by atomic mass is 9.98. The number of hydrogen-bond donors (Lipinski definition) is 1. The van der Waals surface area contributed by atoms with Gasteiger partial charge in [0.05, 0.1) is 0 Å². The summed E-state index contributed by atoms with van der Waals surface area (Å²) in [6.07, 6.45) is 1.37. The van der Waals surface area contributed by atoms with Gasteiger partial charge in [-0.1, -0.05) is 20.8 Å². The van der Waals surface area contributed by atoms with Gasteiger partial charge in [-0.05, 0) is 23.9 Å². The van der Waals surface area contributed by atoms with E-state index in [2.05, 4.69) is 9.36 Å². The Morgan fingerprint density at radius 2 is 2.20 bits per heavy atom. The molecule has 15 heavy (non-hydrogen) atoms. The summed E-state index contributed by atoms with van der Waals surface area (Å²) in [5, 5.41) is 9.73. The highest BCUT2D eigenvalue weighted by Crippen LogP contribution is 2.25. The fraction of sp³-hybridized carbons (Fsp3) is 0.700. The van der Waals surface area contributed by atoms with E-state index in [1.807, 2.05) is 20.8 Å². The summed E-state index contributed by atoms with van der Waals surface area (Å²) < 4.78 is 4.11. The lowest BCUT2D eigenvalue weighted by Gasteiger charge is -2.10. The molecule has 0 aliphatic heterocycles. The second kappa shape index (κ2) is 5.21. The van der Waals surface area contributed by atoms with E-state index in [9.17, 15) is 4.79 Å². The molecule has 0 aliphatic carbocycles. The Bertz CT molecular complexity index is 336. The summed E-state index contributed by atoms with van der Waals surface area (Å²) in [5.41, 5.74) is 0. The van der Waals surface area contributed by atoms with Crippen molar-refractivity contribution in [1.82, 2.24) is 9.36 Å². The topological polar surface area (TPSA) is 63.1 Å². The standard InChI is InChI=1S/C10H16N2O2S/c1-4-8-11-9(15-12-8)7(10(13)14)5-6(2)3/h6-7H,4-5H2,1-3H3,(H,13,14). The summed E-state index contributed by atoms with van der Waals surface area (Å²) in [6.45, 7) is 5.99. The molecule has 1 N–H and O–H groups in total. The van der Waals surface area contributed by atoms with Gasteiger partial charge in [0, 0.05) is 6.42 Å². The van der Waals surface area contributed by atoms with Gasteiger partial charge in [-0.15, -0.1) is 0 Å². The van der Waals surface area contributed by atoms with Gasteiger partial charge in [0.15, 0.2) is 0 Å². The number of aromatic nitrogens is 2. The minimum absolute atomic E-state index is 0.347. The quantitative estimate of drug-likeness (QED) is 0.840. The van der Waals surface area contributed by atoms with Crippen molar-refractivity contribution in [2.75, 3.05) is 0 Å². The maximum Gasteiger partial charge on any atom is 0.313 e. The summed E-state index contributed by atoms with van der Waals surface area (Å²) in [7, 11) is 0. The Labute approximate surface area is 93.5 Å². The van der Waals surface area contributed by atoms with Crippen molar-refractivity contribution in [2.24, 2.45) is 5.92 Å². The number of hydrogen-bond acceptors (Lipinski definition) is 4. The molecule has 84 valence electrons. The van der Waals surface area contributed by atoms with Crippen molar-refractivity contribution in [2.45, 2.75) is 39.5 Å². The van der Waals surface area contributed by atoms with Crippen LogP contribution >= 0.6 is 11.5 Å². The molecule has 1 aromatic heterocycles. The molecule has 0 saturated heterocycles. The van der Waals surface area contributed by atoms with Gasteiger partial charge in [-0.25, -0.2) is 4.98 Å². The zero-order valence-corrected chi connectivity index (χ0v) is 10.0. The smallest absolute Gasteiger partial charge is 0.313 e. The van der Waals surface area contributed by atoms with Crippen molar-refractivity contribution in [3.63, 3.8) is 0 Å². The van der Waals surface area contributed by atoms with E-state index in [4.69, 9.17) is 5.11 Å². The Morgan fingerprint density at radius 3 is 2.60 bits per heavy atom. The lowest BCUT2D eigenvalue weighted by Crippen LogP contribution is -2.13. The van der Waals surface area contributed by atoms with E-state index >= 15 is 0 Å². The van der Waals surface area contributed by atoms with E-state index in [0.717, 1.165) is 12.2 Å². The normalized spacial score (nSPS) is 13.1. The summed E-state index contributed by atoms with van der Waals surface area (Å²) in [6, 6.07) is 0. The van der Waals surface area contributed by atoms with Crippen LogP contribution in [0, 0.1) is 5.92 Å². The zero-order valence-electron chi connectivity index (χ0n) is 9.23. The predicted octanol–water partition coefficient (Wildman–Crippen LogP) is 2.31. The minimum atomic E-state index is -0.803. The van der Waals surface area contributed by atoms with Gasteiger partial charge < -0.3 is 5.11 Å². The fourth-order valence-corrected chi connectivity index (χ4v) is 2.17. The first-order valence-corrected chi connectivity index (χ1v) is 5.87. The predicted molar refractivity (Wildman–Crippen MR) is 59.1 cm³/mol. The Balaban J connectivity index is 2.83. The summed E-state index contributed by atoms with van der Waals surface area (Å²) in [5.74, 6) is -0.213. The largest absolute Gasteiger partial charge is 0.481 e. The van der Waals surface area contributed by atoms with E-state index in [1.54, 1.807) is 0 Å². The maximum atomic E-state index is 11.1. The monoisotopic (exact) mass is 228 g/mol. The third kappa shape index (κ3) is 3.27. The third-order valence-corrected chi connectivity index (χ3v) is 2.97. The van der Waals surface area contributed by atoms with Crippen LogP contribution in [0.2, 0.25) is 0 Å². The number of carboxylic acid groups (broad SMARTS) is 1. The number of carboxylic acids is 1. The molecule has 5 heteroatoms. The maximum absolute atomic E-state index is 11.1. The summed E-state index contributed by atoms with van der Waals surface area (Å²) >= 11 is 1.21. The molecule has 0 aliphatic rings. The molecular weight excluding hydrogens is 212 g/mol. The molecule has 0 aromatic carbocycles. The van der Waals surface area contributed by atoms with E-state index in [1.165, 1.54) is 11.5 Å². The Morgan fingerprint density at radius 1 is 1.53 bits per heavy atom. The molecule has 0 saturated carbocycles. The first kappa shape index (κ1) is 12.1. The minimum Gasteiger partial charge on any atom is -0.481 e. The number of aliphatic carboxylic acids is 1. The molecule has 1 atom stereocenters. The van der Waals surface area contributed by atoms with Crippen molar-refractivity contribution in [3.8, 4) is 0 Å². The first-order chi connectivity index (χ1) is 7.04. The second-order valence-electron chi connectivity index (χ2n) is 3.92. The van der Waals surface area contributed by atoms with Crippen molar-refractivity contribution in [3.05, 3.63) is 10.8 Å². The van der Waals surface area contributed by atoms with Gasteiger partial charge in [-0.2, -0.15) is 4.37 Å². The fourth-order valence-electron chi connectivity index (χ4n) is 1.33. The number of rotatable bonds is 5. The lowest BCUT2D eigenvalue weighted by molar-refractivity contribution is -0.139. The van der Waals surface area contributed by atoms with Crippen LogP contribution in [0.25, 0.3) is 0 Å². The highest BCUT2D eigenvalue weighted by Gasteiger charge is 2.24. The van der Waals surface area contributed by atoms with Gasteiger partial charge in [0.25, 0.3) is 0 Å². The SMILES string of the molecule is CCc1nsc(C(CC(C)C)C(=O)O)n1. The van der Waals surface area contributed by atoms with E-state index in [-0.39, 0.29) is 0 Å². The van der Waals surface area contributed by atoms with Crippen molar-refractivity contribution in [1.29, 1.82) is 0 Å². The molecule has 0 amide bonds. The molecule has 1 unspecified atom stereocenters. The molecule has 0 radical (unpaired) electrons. The van der Waals surface area contributed by atoms with Crippen LogP contribution < -0.4 is 0 Å². The van der Waals surface area contributed by atoms with Crippen LogP contribution in [0.1, 0.15) is 43.9 Å². The molecule has 4 nitrogen and oxygen atoms in total. The zero-order chi connectivity index (χ0) is 11.4. The van der Waals surface area contributed by atoms with Gasteiger partial charge >= 0.3 is 5.97 Å². The second-order valence-corrected chi connectivity index (χ2v) is 4.71.